The van der Waals surface area contributed by atoms with E-state index in [9.17, 15) is 26.4 Å². The lowest BCUT2D eigenvalue weighted by molar-refractivity contribution is -0.136. The second kappa shape index (κ2) is 6.42. The second-order valence-electron chi connectivity index (χ2n) is 4.69. The van der Waals surface area contributed by atoms with E-state index in [-0.39, 0.29) is 10.6 Å². The van der Waals surface area contributed by atoms with E-state index in [0.717, 1.165) is 24.3 Å². The zero-order chi connectivity index (χ0) is 18.1. The number of anilines is 1. The van der Waals surface area contributed by atoms with Crippen molar-refractivity contribution in [3.05, 3.63) is 58.6 Å². The van der Waals surface area contributed by atoms with Gasteiger partial charge in [-0.3, -0.25) is 4.79 Å². The normalized spacial score (nSPS) is 12.0. The first kappa shape index (κ1) is 18.2. The molecule has 0 aliphatic rings. The van der Waals surface area contributed by atoms with E-state index in [1.807, 2.05) is 0 Å². The lowest BCUT2D eigenvalue weighted by Crippen LogP contribution is -2.18. The van der Waals surface area contributed by atoms with Gasteiger partial charge in [0.05, 0.1) is 16.3 Å². The Morgan fingerprint density at radius 1 is 1.12 bits per heavy atom. The number of sulfonamides is 1. The highest BCUT2D eigenvalue weighted by molar-refractivity contribution is 7.89. The summed E-state index contributed by atoms with van der Waals surface area (Å²) in [6.07, 6.45) is -4.66. The molecule has 0 aliphatic carbocycles. The third-order valence-electron chi connectivity index (χ3n) is 2.98. The molecule has 2 aromatic rings. The van der Waals surface area contributed by atoms with Crippen LogP contribution in [0.15, 0.2) is 47.4 Å². The fourth-order valence-electron chi connectivity index (χ4n) is 1.90. The summed E-state index contributed by atoms with van der Waals surface area (Å²) < 4.78 is 61.5. The number of alkyl halides is 3. The number of hydrogen-bond donors (Lipinski definition) is 2. The van der Waals surface area contributed by atoms with E-state index in [4.69, 9.17) is 16.7 Å². The zero-order valence-corrected chi connectivity index (χ0v) is 13.3. The van der Waals surface area contributed by atoms with E-state index in [1.54, 1.807) is 0 Å². The maximum absolute atomic E-state index is 12.9. The first-order valence-corrected chi connectivity index (χ1v) is 8.22. The largest absolute Gasteiger partial charge is 0.418 e. The maximum Gasteiger partial charge on any atom is 0.418 e. The van der Waals surface area contributed by atoms with Crippen LogP contribution in [0.3, 0.4) is 0 Å². The third kappa shape index (κ3) is 4.05. The minimum atomic E-state index is -4.66. The molecule has 128 valence electrons. The lowest BCUT2D eigenvalue weighted by atomic mass is 10.1. The molecule has 2 aromatic carbocycles. The predicted octanol–water partition coefficient (Wildman–Crippen LogP) is 3.26. The third-order valence-corrected chi connectivity index (χ3v) is 4.37. The molecular formula is C14H10ClF3N2O3S. The number of nitrogens with one attached hydrogen (secondary N) is 1. The van der Waals surface area contributed by atoms with Gasteiger partial charge in [0, 0.05) is 5.56 Å². The maximum atomic E-state index is 12.9. The molecule has 3 N–H and O–H groups in total. The van der Waals surface area contributed by atoms with Crippen LogP contribution in [0.5, 0.6) is 0 Å². The van der Waals surface area contributed by atoms with Gasteiger partial charge in [0.15, 0.2) is 0 Å². The SMILES string of the molecule is NS(=O)(=O)c1cc(C(=O)Nc2ccccc2C(F)(F)F)ccc1Cl. The molecule has 1 amide bonds. The van der Waals surface area contributed by atoms with E-state index in [1.165, 1.54) is 18.2 Å². The molecule has 0 atom stereocenters. The highest BCUT2D eigenvalue weighted by Crippen LogP contribution is 2.34. The van der Waals surface area contributed by atoms with Crippen molar-refractivity contribution in [1.29, 1.82) is 0 Å². The second-order valence-corrected chi connectivity index (χ2v) is 6.62. The summed E-state index contributed by atoms with van der Waals surface area (Å²) >= 11 is 5.69. The van der Waals surface area contributed by atoms with Crippen molar-refractivity contribution < 1.29 is 26.4 Å². The Balaban J connectivity index is 2.39. The smallest absolute Gasteiger partial charge is 0.321 e. The molecule has 0 bridgehead atoms. The number of nitrogens with two attached hydrogens (primary N) is 1. The number of rotatable bonds is 3. The molecule has 0 saturated carbocycles. The summed E-state index contributed by atoms with van der Waals surface area (Å²) in [7, 11) is -4.19. The van der Waals surface area contributed by atoms with Gasteiger partial charge in [0.25, 0.3) is 5.91 Å². The first-order chi connectivity index (χ1) is 11.0. The topological polar surface area (TPSA) is 89.3 Å². The Morgan fingerprint density at radius 2 is 1.75 bits per heavy atom. The molecule has 5 nitrogen and oxygen atoms in total. The Morgan fingerprint density at radius 3 is 2.33 bits per heavy atom. The van der Waals surface area contributed by atoms with Crippen LogP contribution in [0.1, 0.15) is 15.9 Å². The Bertz CT molecular complexity index is 898. The number of amides is 1. The van der Waals surface area contributed by atoms with Crippen LogP contribution in [0, 0.1) is 0 Å². The number of para-hydroxylation sites is 1. The van der Waals surface area contributed by atoms with Crippen LogP contribution >= 0.6 is 11.6 Å². The van der Waals surface area contributed by atoms with Crippen molar-refractivity contribution in [1.82, 2.24) is 0 Å². The molecule has 0 saturated heterocycles. The van der Waals surface area contributed by atoms with E-state index >= 15 is 0 Å². The number of benzene rings is 2. The Labute approximate surface area is 140 Å². The van der Waals surface area contributed by atoms with Gasteiger partial charge in [-0.1, -0.05) is 23.7 Å². The van der Waals surface area contributed by atoms with Gasteiger partial charge in [-0.05, 0) is 30.3 Å². The molecule has 10 heteroatoms. The summed E-state index contributed by atoms with van der Waals surface area (Å²) in [5.74, 6) is -0.937. The van der Waals surface area contributed by atoms with Gasteiger partial charge >= 0.3 is 6.18 Å². The van der Waals surface area contributed by atoms with E-state index in [2.05, 4.69) is 5.32 Å². The molecule has 24 heavy (non-hydrogen) atoms. The minimum absolute atomic E-state index is 0.204. The van der Waals surface area contributed by atoms with Crippen molar-refractivity contribution in [3.8, 4) is 0 Å². The van der Waals surface area contributed by atoms with Crippen LogP contribution in [0.2, 0.25) is 5.02 Å². The van der Waals surface area contributed by atoms with Crippen LogP contribution in [0.25, 0.3) is 0 Å². The van der Waals surface area contributed by atoms with Gasteiger partial charge in [-0.15, -0.1) is 0 Å². The Kier molecular flexibility index (Phi) is 4.88. The molecule has 0 aromatic heterocycles. The quantitative estimate of drug-likeness (QED) is 0.859. The van der Waals surface area contributed by atoms with Crippen LogP contribution in [-0.2, 0) is 16.2 Å². The zero-order valence-electron chi connectivity index (χ0n) is 11.8. The highest BCUT2D eigenvalue weighted by Gasteiger charge is 2.33. The minimum Gasteiger partial charge on any atom is -0.321 e. The van der Waals surface area contributed by atoms with E-state index in [0.29, 0.717) is 0 Å². The number of primary sulfonamides is 1. The number of halogens is 4. The lowest BCUT2D eigenvalue weighted by Gasteiger charge is -2.14. The molecule has 0 aliphatic heterocycles. The van der Waals surface area contributed by atoms with Crippen molar-refractivity contribution >= 4 is 33.2 Å². The molecule has 0 spiro atoms. The van der Waals surface area contributed by atoms with Gasteiger partial charge in [-0.2, -0.15) is 13.2 Å². The van der Waals surface area contributed by atoms with Crippen molar-refractivity contribution in [2.45, 2.75) is 11.1 Å². The predicted molar refractivity (Wildman–Crippen MR) is 82.2 cm³/mol. The van der Waals surface area contributed by atoms with Crippen molar-refractivity contribution in [2.75, 3.05) is 5.32 Å². The summed E-state index contributed by atoms with van der Waals surface area (Å²) in [4.78, 5) is 11.6. The monoisotopic (exact) mass is 378 g/mol. The van der Waals surface area contributed by atoms with E-state index < -0.39 is 38.3 Å². The molecule has 0 radical (unpaired) electrons. The molecule has 2 rings (SSSR count). The van der Waals surface area contributed by atoms with Crippen molar-refractivity contribution in [2.24, 2.45) is 5.14 Å². The summed E-state index contributed by atoms with van der Waals surface area (Å²) in [5, 5.41) is 6.86. The standard InChI is InChI=1S/C14H10ClF3N2O3S/c15-10-6-5-8(7-12(10)24(19,22)23)13(21)20-11-4-2-1-3-9(11)14(16,17)18/h1-7H,(H,20,21)(H2,19,22,23). The molecule has 0 heterocycles. The highest BCUT2D eigenvalue weighted by atomic mass is 35.5. The number of carbonyl (C=O) groups is 1. The molecule has 0 unspecified atom stereocenters. The first-order valence-electron chi connectivity index (χ1n) is 6.30. The van der Waals surface area contributed by atoms with Crippen LogP contribution in [0.4, 0.5) is 18.9 Å². The van der Waals surface area contributed by atoms with Crippen LogP contribution < -0.4 is 10.5 Å². The fraction of sp³-hybridized carbons (Fsp3) is 0.0714. The average Bonchev–Trinajstić information content (AvgIpc) is 2.45. The molecular weight excluding hydrogens is 369 g/mol. The summed E-state index contributed by atoms with van der Waals surface area (Å²) in [6, 6.07) is 7.57. The van der Waals surface area contributed by atoms with Gasteiger partial charge in [0.1, 0.15) is 4.90 Å². The van der Waals surface area contributed by atoms with Gasteiger partial charge < -0.3 is 5.32 Å². The number of hydrogen-bond acceptors (Lipinski definition) is 3. The average molecular weight is 379 g/mol. The summed E-state index contributed by atoms with van der Waals surface area (Å²) in [6.45, 7) is 0. The fourth-order valence-corrected chi connectivity index (χ4v) is 2.97. The molecule has 0 fully saturated rings. The van der Waals surface area contributed by atoms with Crippen LogP contribution in [-0.4, -0.2) is 14.3 Å². The van der Waals surface area contributed by atoms with Gasteiger partial charge in [0.2, 0.25) is 10.0 Å². The summed E-state index contributed by atoms with van der Waals surface area (Å²) in [5.41, 5.74) is -1.69. The van der Waals surface area contributed by atoms with Gasteiger partial charge in [-0.25, -0.2) is 13.6 Å². The number of carbonyl (C=O) groups excluding carboxylic acids is 1. The Hall–Kier alpha value is -2.10. The van der Waals surface area contributed by atoms with Crippen molar-refractivity contribution in [3.63, 3.8) is 0 Å².